The highest BCUT2D eigenvalue weighted by atomic mass is 16.4. The molecule has 1 amide bonds. The molecule has 110 valence electrons. The highest BCUT2D eigenvalue weighted by Crippen LogP contribution is 2.17. The SMILES string of the molecule is Cn1ccnc1CNCC(=O)N1CCC(C(=O)O)CC1. The standard InChI is InChI=1S/C13H20N4O3/c1-16-7-4-15-11(16)8-14-9-12(18)17-5-2-10(3-6-17)13(19)20/h4,7,10,14H,2-3,5-6,8-9H2,1H3,(H,19,20). The minimum Gasteiger partial charge on any atom is -0.481 e. The molecule has 0 radical (unpaired) electrons. The third-order valence-electron chi connectivity index (χ3n) is 3.68. The second kappa shape index (κ2) is 6.51. The zero-order valence-electron chi connectivity index (χ0n) is 11.6. The molecular weight excluding hydrogens is 260 g/mol. The van der Waals surface area contributed by atoms with Crippen LogP contribution in [0.1, 0.15) is 18.7 Å². The van der Waals surface area contributed by atoms with Crippen molar-refractivity contribution in [2.45, 2.75) is 19.4 Å². The van der Waals surface area contributed by atoms with Crippen LogP contribution in [0.25, 0.3) is 0 Å². The Morgan fingerprint density at radius 1 is 1.45 bits per heavy atom. The second-order valence-electron chi connectivity index (χ2n) is 5.05. The largest absolute Gasteiger partial charge is 0.481 e. The van der Waals surface area contributed by atoms with Crippen LogP contribution in [0, 0.1) is 5.92 Å². The van der Waals surface area contributed by atoms with Gasteiger partial charge in [-0.1, -0.05) is 0 Å². The molecule has 7 heteroatoms. The molecule has 0 bridgehead atoms. The summed E-state index contributed by atoms with van der Waals surface area (Å²) < 4.78 is 1.90. The number of nitrogens with one attached hydrogen (secondary N) is 1. The average molecular weight is 280 g/mol. The number of carbonyl (C=O) groups is 2. The average Bonchev–Trinajstić information content (AvgIpc) is 2.84. The van der Waals surface area contributed by atoms with E-state index < -0.39 is 5.97 Å². The maximum Gasteiger partial charge on any atom is 0.306 e. The third kappa shape index (κ3) is 3.57. The van der Waals surface area contributed by atoms with Crippen molar-refractivity contribution < 1.29 is 14.7 Å². The van der Waals surface area contributed by atoms with Gasteiger partial charge in [0.15, 0.2) is 0 Å². The molecule has 0 unspecified atom stereocenters. The smallest absolute Gasteiger partial charge is 0.306 e. The second-order valence-corrected chi connectivity index (χ2v) is 5.05. The fraction of sp³-hybridized carbons (Fsp3) is 0.615. The van der Waals surface area contributed by atoms with E-state index in [1.807, 2.05) is 17.8 Å². The molecule has 1 aromatic rings. The first-order valence-electron chi connectivity index (χ1n) is 6.75. The zero-order chi connectivity index (χ0) is 14.5. The van der Waals surface area contributed by atoms with Crippen LogP contribution in [0.5, 0.6) is 0 Å². The van der Waals surface area contributed by atoms with Gasteiger partial charge in [0.2, 0.25) is 5.91 Å². The van der Waals surface area contributed by atoms with Crippen molar-refractivity contribution in [2.75, 3.05) is 19.6 Å². The van der Waals surface area contributed by atoms with Gasteiger partial charge in [-0.05, 0) is 12.8 Å². The van der Waals surface area contributed by atoms with Crippen LogP contribution in [0.15, 0.2) is 12.4 Å². The first-order chi connectivity index (χ1) is 9.58. The molecular formula is C13H20N4O3. The summed E-state index contributed by atoms with van der Waals surface area (Å²) in [6.07, 6.45) is 4.66. The fourth-order valence-electron chi connectivity index (χ4n) is 2.34. The summed E-state index contributed by atoms with van der Waals surface area (Å²) in [7, 11) is 1.91. The van der Waals surface area contributed by atoms with E-state index in [-0.39, 0.29) is 18.4 Å². The number of aliphatic carboxylic acids is 1. The van der Waals surface area contributed by atoms with Crippen LogP contribution in [0.3, 0.4) is 0 Å². The zero-order valence-corrected chi connectivity index (χ0v) is 11.6. The fourth-order valence-corrected chi connectivity index (χ4v) is 2.34. The van der Waals surface area contributed by atoms with Crippen molar-refractivity contribution in [3.05, 3.63) is 18.2 Å². The van der Waals surface area contributed by atoms with Crippen LogP contribution in [-0.2, 0) is 23.2 Å². The van der Waals surface area contributed by atoms with E-state index in [9.17, 15) is 9.59 Å². The molecule has 0 aromatic carbocycles. The van der Waals surface area contributed by atoms with Gasteiger partial charge in [-0.2, -0.15) is 0 Å². The molecule has 1 aliphatic rings. The van der Waals surface area contributed by atoms with Crippen molar-refractivity contribution in [3.63, 3.8) is 0 Å². The normalized spacial score (nSPS) is 16.4. The first-order valence-corrected chi connectivity index (χ1v) is 6.75. The number of carbonyl (C=O) groups excluding carboxylic acids is 1. The van der Waals surface area contributed by atoms with Gasteiger partial charge in [-0.3, -0.25) is 9.59 Å². The molecule has 2 N–H and O–H groups in total. The van der Waals surface area contributed by atoms with E-state index >= 15 is 0 Å². The summed E-state index contributed by atoms with van der Waals surface area (Å²) in [5.74, 6) is -0.171. The Morgan fingerprint density at radius 3 is 2.70 bits per heavy atom. The minimum absolute atomic E-state index is 0.0167. The number of likely N-dealkylation sites (tertiary alicyclic amines) is 1. The van der Waals surface area contributed by atoms with Crippen LogP contribution >= 0.6 is 0 Å². The van der Waals surface area contributed by atoms with E-state index in [1.54, 1.807) is 11.1 Å². The molecule has 20 heavy (non-hydrogen) atoms. The van der Waals surface area contributed by atoms with E-state index in [1.165, 1.54) is 0 Å². The molecule has 7 nitrogen and oxygen atoms in total. The Kier molecular flexibility index (Phi) is 4.73. The minimum atomic E-state index is -0.759. The summed E-state index contributed by atoms with van der Waals surface area (Å²) >= 11 is 0. The van der Waals surface area contributed by atoms with Crippen LogP contribution < -0.4 is 5.32 Å². The van der Waals surface area contributed by atoms with Crippen LogP contribution in [0.4, 0.5) is 0 Å². The monoisotopic (exact) mass is 280 g/mol. The number of piperidine rings is 1. The summed E-state index contributed by atoms with van der Waals surface area (Å²) in [5, 5.41) is 12.0. The van der Waals surface area contributed by atoms with Gasteiger partial charge < -0.3 is 19.9 Å². The lowest BCUT2D eigenvalue weighted by atomic mass is 9.97. The highest BCUT2D eigenvalue weighted by Gasteiger charge is 2.26. The van der Waals surface area contributed by atoms with Gasteiger partial charge in [0.25, 0.3) is 0 Å². The number of aromatic nitrogens is 2. The van der Waals surface area contributed by atoms with Crippen molar-refractivity contribution in [2.24, 2.45) is 13.0 Å². The number of nitrogens with zero attached hydrogens (tertiary/aromatic N) is 3. The number of hydrogen-bond donors (Lipinski definition) is 2. The molecule has 1 saturated heterocycles. The van der Waals surface area contributed by atoms with Gasteiger partial charge in [-0.15, -0.1) is 0 Å². The van der Waals surface area contributed by atoms with Crippen molar-refractivity contribution in [1.82, 2.24) is 19.8 Å². The quantitative estimate of drug-likeness (QED) is 0.782. The number of imidazole rings is 1. The lowest BCUT2D eigenvalue weighted by Crippen LogP contribution is -2.44. The van der Waals surface area contributed by atoms with E-state index in [4.69, 9.17) is 5.11 Å². The Hall–Kier alpha value is -1.89. The Bertz CT molecular complexity index is 478. The molecule has 1 aliphatic heterocycles. The number of aryl methyl sites for hydroxylation is 1. The maximum absolute atomic E-state index is 12.0. The lowest BCUT2D eigenvalue weighted by Gasteiger charge is -2.30. The lowest BCUT2D eigenvalue weighted by molar-refractivity contribution is -0.145. The molecule has 0 saturated carbocycles. The van der Waals surface area contributed by atoms with Crippen LogP contribution in [-0.4, -0.2) is 51.1 Å². The third-order valence-corrected chi connectivity index (χ3v) is 3.68. The van der Waals surface area contributed by atoms with Gasteiger partial charge in [-0.25, -0.2) is 4.98 Å². The molecule has 0 spiro atoms. The molecule has 1 aromatic heterocycles. The predicted molar refractivity (Wildman–Crippen MR) is 71.9 cm³/mol. The number of amides is 1. The summed E-state index contributed by atoms with van der Waals surface area (Å²) in [4.78, 5) is 28.7. The molecule has 0 aliphatic carbocycles. The summed E-state index contributed by atoms with van der Waals surface area (Å²) in [6, 6.07) is 0. The van der Waals surface area contributed by atoms with Crippen molar-refractivity contribution in [3.8, 4) is 0 Å². The maximum atomic E-state index is 12.0. The Morgan fingerprint density at radius 2 is 2.15 bits per heavy atom. The summed E-state index contributed by atoms with van der Waals surface area (Å²) in [5.41, 5.74) is 0. The summed E-state index contributed by atoms with van der Waals surface area (Å²) in [6.45, 7) is 1.85. The number of hydrogen-bond acceptors (Lipinski definition) is 4. The first kappa shape index (κ1) is 14.5. The van der Waals surface area contributed by atoms with E-state index in [0.717, 1.165) is 5.82 Å². The number of rotatable bonds is 5. The topological polar surface area (TPSA) is 87.5 Å². The highest BCUT2D eigenvalue weighted by molar-refractivity contribution is 5.78. The van der Waals surface area contributed by atoms with Gasteiger partial charge in [0, 0.05) is 32.5 Å². The molecule has 2 rings (SSSR count). The van der Waals surface area contributed by atoms with E-state index in [0.29, 0.717) is 32.5 Å². The number of carboxylic acids is 1. The molecule has 0 atom stereocenters. The van der Waals surface area contributed by atoms with Gasteiger partial charge >= 0.3 is 5.97 Å². The number of carboxylic acid groups (broad SMARTS) is 1. The molecule has 1 fully saturated rings. The van der Waals surface area contributed by atoms with Crippen molar-refractivity contribution in [1.29, 1.82) is 0 Å². The van der Waals surface area contributed by atoms with Gasteiger partial charge in [0.05, 0.1) is 19.0 Å². The van der Waals surface area contributed by atoms with E-state index in [2.05, 4.69) is 10.3 Å². The molecule has 2 heterocycles. The Balaban J connectivity index is 1.71. The van der Waals surface area contributed by atoms with Gasteiger partial charge in [0.1, 0.15) is 5.82 Å². The Labute approximate surface area is 117 Å². The van der Waals surface area contributed by atoms with Crippen molar-refractivity contribution >= 4 is 11.9 Å². The predicted octanol–water partition coefficient (Wildman–Crippen LogP) is -0.167. The van der Waals surface area contributed by atoms with Crippen LogP contribution in [0.2, 0.25) is 0 Å².